The molecule has 3 aromatic carbocycles. The van der Waals surface area contributed by atoms with E-state index < -0.39 is 80.0 Å². The van der Waals surface area contributed by atoms with Gasteiger partial charge in [0.2, 0.25) is 5.91 Å². The quantitative estimate of drug-likeness (QED) is 0.0500. The zero-order valence-electron chi connectivity index (χ0n) is 34.0. The number of amides is 3. The highest BCUT2D eigenvalue weighted by Crippen LogP contribution is 2.53. The first-order chi connectivity index (χ1) is 30.1. The molecule has 0 radical (unpaired) electrons. The monoisotopic (exact) mass is 892 g/mol. The molecule has 21 nitrogen and oxygen atoms in total. The molecular formula is C41H44N6O15S. The molecule has 0 aromatic heterocycles. The fraction of sp³-hybridized carbons (Fsp3) is 0.415. The van der Waals surface area contributed by atoms with Crippen LogP contribution in [0.2, 0.25) is 0 Å². The van der Waals surface area contributed by atoms with Crippen molar-refractivity contribution in [2.75, 3.05) is 19.7 Å². The Bertz CT molecular complexity index is 2260. The third-order valence-corrected chi connectivity index (χ3v) is 12.7. The number of nitro benzene ring substituents is 3. The Morgan fingerprint density at radius 3 is 1.79 bits per heavy atom. The number of hydrogen-bond donors (Lipinski definition) is 3. The number of aliphatic hydroxyl groups is 2. The van der Waals surface area contributed by atoms with Crippen molar-refractivity contribution in [2.45, 2.75) is 69.9 Å². The lowest BCUT2D eigenvalue weighted by Crippen LogP contribution is -2.63. The number of nitrogens with zero attached hydrogens (tertiary/aromatic N) is 5. The van der Waals surface area contributed by atoms with E-state index in [4.69, 9.17) is 14.2 Å². The molecule has 63 heavy (non-hydrogen) atoms. The number of benzene rings is 3. The van der Waals surface area contributed by atoms with Gasteiger partial charge in [-0.1, -0.05) is 6.92 Å². The lowest BCUT2D eigenvalue weighted by Gasteiger charge is -2.46. The van der Waals surface area contributed by atoms with E-state index in [-0.39, 0.29) is 75.1 Å². The average Bonchev–Trinajstić information content (AvgIpc) is 3.79. The molecule has 0 spiro atoms. The van der Waals surface area contributed by atoms with Gasteiger partial charge in [-0.05, 0) is 78.8 Å². The van der Waals surface area contributed by atoms with Crippen LogP contribution in [0, 0.1) is 48.1 Å². The lowest BCUT2D eigenvalue weighted by atomic mass is 9.79. The van der Waals surface area contributed by atoms with E-state index in [1.807, 2.05) is 6.92 Å². The van der Waals surface area contributed by atoms with Crippen molar-refractivity contribution < 1.29 is 58.4 Å². The molecule has 2 saturated heterocycles. The SMILES string of the molecule is C[C@@H](O)[C@H]1C(=O)N2C(C(=O)OCc3ccc([N+](=O)[O-])cc3)=C(S[C@H]3C[C@@H](C(CCO)CNC(=O)OCc4ccc([N+](=O)[O-])cc4)N(C(=O)OCc4ccc([N+](=O)[O-])cc4)C3)[C@H](C)[C@H]12. The average molecular weight is 893 g/mol. The minimum atomic E-state index is -1.02. The molecule has 2 fully saturated rings. The van der Waals surface area contributed by atoms with Gasteiger partial charge >= 0.3 is 18.2 Å². The summed E-state index contributed by atoms with van der Waals surface area (Å²) in [7, 11) is 0. The molecule has 3 aliphatic rings. The van der Waals surface area contributed by atoms with Crippen molar-refractivity contribution in [1.82, 2.24) is 15.1 Å². The third kappa shape index (κ3) is 10.5. The number of alkyl carbamates (subject to hydrolysis) is 1. The summed E-state index contributed by atoms with van der Waals surface area (Å²) in [5.41, 5.74) is 0.997. The smallest absolute Gasteiger partial charge is 0.410 e. The summed E-state index contributed by atoms with van der Waals surface area (Å²) in [5.74, 6) is -3.10. The number of hydrogen-bond acceptors (Lipinski definition) is 16. The summed E-state index contributed by atoms with van der Waals surface area (Å²) in [6, 6.07) is 15.1. The van der Waals surface area contributed by atoms with Crippen LogP contribution < -0.4 is 5.32 Å². The summed E-state index contributed by atoms with van der Waals surface area (Å²) in [4.78, 5) is 89.0. The van der Waals surface area contributed by atoms with Gasteiger partial charge in [-0.15, -0.1) is 11.8 Å². The van der Waals surface area contributed by atoms with Crippen molar-refractivity contribution in [2.24, 2.45) is 17.8 Å². The molecule has 0 aliphatic carbocycles. The molecule has 22 heteroatoms. The number of thioether (sulfide) groups is 1. The van der Waals surface area contributed by atoms with Crippen molar-refractivity contribution in [1.29, 1.82) is 0 Å². The predicted octanol–water partition coefficient (Wildman–Crippen LogP) is 4.96. The predicted molar refractivity (Wildman–Crippen MR) is 221 cm³/mol. The summed E-state index contributed by atoms with van der Waals surface area (Å²) < 4.78 is 16.7. The Labute approximate surface area is 363 Å². The molecule has 0 saturated carbocycles. The van der Waals surface area contributed by atoms with Gasteiger partial charge in [-0.3, -0.25) is 35.1 Å². The second-order valence-electron chi connectivity index (χ2n) is 15.3. The highest BCUT2D eigenvalue weighted by Gasteiger charge is 2.60. The van der Waals surface area contributed by atoms with Gasteiger partial charge in [0.25, 0.3) is 17.1 Å². The number of rotatable bonds is 18. The zero-order chi connectivity index (χ0) is 45.5. The Morgan fingerprint density at radius 1 is 0.825 bits per heavy atom. The number of non-ortho nitro benzene ring substituents is 3. The number of ether oxygens (including phenoxy) is 3. The van der Waals surface area contributed by atoms with Crippen molar-refractivity contribution in [3.8, 4) is 0 Å². The maximum atomic E-state index is 13.9. The van der Waals surface area contributed by atoms with Crippen LogP contribution in [-0.4, -0.2) is 102 Å². The van der Waals surface area contributed by atoms with Crippen LogP contribution in [-0.2, 0) is 43.6 Å². The maximum absolute atomic E-state index is 13.9. The topological polar surface area (TPSA) is 284 Å². The molecule has 1 unspecified atom stereocenters. The first-order valence-corrected chi connectivity index (χ1v) is 20.7. The van der Waals surface area contributed by atoms with Gasteiger partial charge in [0.15, 0.2) is 0 Å². The van der Waals surface area contributed by atoms with Gasteiger partial charge in [0.05, 0.1) is 32.8 Å². The molecule has 3 amide bonds. The van der Waals surface area contributed by atoms with Crippen LogP contribution in [0.4, 0.5) is 26.7 Å². The van der Waals surface area contributed by atoms with Gasteiger partial charge in [0, 0.05) is 78.2 Å². The zero-order valence-corrected chi connectivity index (χ0v) is 34.8. The number of β-lactam (4-membered cyclic amide) rings is 1. The number of aliphatic hydroxyl groups excluding tert-OH is 2. The van der Waals surface area contributed by atoms with Gasteiger partial charge in [-0.25, -0.2) is 14.4 Å². The fourth-order valence-electron chi connectivity index (χ4n) is 8.01. The van der Waals surface area contributed by atoms with Gasteiger partial charge < -0.3 is 39.5 Å². The fourth-order valence-corrected chi connectivity index (χ4v) is 9.55. The summed E-state index contributed by atoms with van der Waals surface area (Å²) in [6.45, 7) is 2.30. The number of carbonyl (C=O) groups is 4. The Kier molecular flexibility index (Phi) is 14.6. The summed E-state index contributed by atoms with van der Waals surface area (Å²) in [6.07, 6.45) is -2.21. The van der Waals surface area contributed by atoms with Crippen molar-refractivity contribution in [3.63, 3.8) is 0 Å². The minimum Gasteiger partial charge on any atom is -0.456 e. The number of fused-ring (bicyclic) bond motifs is 1. The standard InChI is InChI=1S/C41H44N6O15S/c1-23-35-34(24(2)49)38(50)44(35)36(39(51)60-20-25-3-9-29(10-4-25)45(54)55)37(23)63-32-17-33(43(19-32)41(53)62-22-27-7-13-31(14-8-27)47(58)59)28(15-16-48)18-42-40(52)61-21-26-5-11-30(12-6-26)46(56)57/h3-14,23-24,28,32-35,48-49H,15-22H2,1-2H3,(H,42,52)/t23-,24-,28?,32+,33+,34-,35-/m1/s1. The number of nitrogens with one attached hydrogen (secondary N) is 1. The second kappa shape index (κ2) is 20.0. The Balaban J connectivity index is 1.22. The molecule has 7 atom stereocenters. The van der Waals surface area contributed by atoms with Crippen molar-refractivity contribution >= 4 is 52.9 Å². The van der Waals surface area contributed by atoms with E-state index in [1.54, 1.807) is 0 Å². The van der Waals surface area contributed by atoms with Crippen LogP contribution in [0.15, 0.2) is 83.4 Å². The molecule has 3 N–H and O–H groups in total. The number of nitro groups is 3. The Hall–Kier alpha value is -6.65. The molecule has 3 aliphatic heterocycles. The number of carbonyl (C=O) groups excluding carboxylic acids is 4. The van der Waals surface area contributed by atoms with E-state index in [0.29, 0.717) is 21.6 Å². The minimum absolute atomic E-state index is 0.0126. The van der Waals surface area contributed by atoms with E-state index >= 15 is 0 Å². The van der Waals surface area contributed by atoms with Crippen LogP contribution >= 0.6 is 11.8 Å². The number of esters is 1. The van der Waals surface area contributed by atoms with Gasteiger partial charge in [0.1, 0.15) is 25.5 Å². The van der Waals surface area contributed by atoms with E-state index in [0.717, 1.165) is 0 Å². The van der Waals surface area contributed by atoms with Crippen LogP contribution in [0.1, 0.15) is 43.4 Å². The van der Waals surface area contributed by atoms with E-state index in [2.05, 4.69) is 5.32 Å². The Morgan fingerprint density at radius 2 is 1.32 bits per heavy atom. The first kappa shape index (κ1) is 45.9. The van der Waals surface area contributed by atoms with Gasteiger partial charge in [-0.2, -0.15) is 0 Å². The van der Waals surface area contributed by atoms with E-state index in [1.165, 1.54) is 101 Å². The molecule has 3 heterocycles. The highest BCUT2D eigenvalue weighted by molar-refractivity contribution is 8.03. The van der Waals surface area contributed by atoms with Crippen molar-refractivity contribution in [3.05, 3.63) is 130 Å². The summed E-state index contributed by atoms with van der Waals surface area (Å²) >= 11 is 1.26. The second-order valence-corrected chi connectivity index (χ2v) is 16.6. The van der Waals surface area contributed by atoms with E-state index in [9.17, 15) is 59.7 Å². The molecular weight excluding hydrogens is 849 g/mol. The normalized spacial score (nSPS) is 21.2. The third-order valence-electron chi connectivity index (χ3n) is 11.2. The molecule has 334 valence electrons. The number of likely N-dealkylation sites (tertiary alicyclic amines) is 1. The maximum Gasteiger partial charge on any atom is 0.410 e. The summed E-state index contributed by atoms with van der Waals surface area (Å²) in [5, 5.41) is 56.2. The van der Waals surface area contributed by atoms with Crippen LogP contribution in [0.3, 0.4) is 0 Å². The molecule has 0 bridgehead atoms. The first-order valence-electron chi connectivity index (χ1n) is 19.8. The van der Waals surface area contributed by atoms with Crippen LogP contribution in [0.25, 0.3) is 0 Å². The molecule has 6 rings (SSSR count). The molecule has 3 aromatic rings. The van der Waals surface area contributed by atoms with Crippen LogP contribution in [0.5, 0.6) is 0 Å². The lowest BCUT2D eigenvalue weighted by molar-refractivity contribution is -0.385. The largest absolute Gasteiger partial charge is 0.456 e. The highest BCUT2D eigenvalue weighted by atomic mass is 32.2.